The summed E-state index contributed by atoms with van der Waals surface area (Å²) in [6.07, 6.45) is 5.77. The normalized spacial score (nSPS) is 15.2. The number of methoxy groups -OCH3 is 1. The lowest BCUT2D eigenvalue weighted by molar-refractivity contribution is -0.134. The number of nitrogens with zero attached hydrogens (tertiary/aromatic N) is 1. The Balaban J connectivity index is 1.89. The molecule has 1 aromatic rings. The summed E-state index contributed by atoms with van der Waals surface area (Å²) in [4.78, 5) is 25.5. The van der Waals surface area contributed by atoms with Gasteiger partial charge in [0.25, 0.3) is 5.91 Å². The third kappa shape index (κ3) is 4.23. The van der Waals surface area contributed by atoms with Crippen LogP contribution in [0.5, 0.6) is 5.75 Å². The first-order valence-corrected chi connectivity index (χ1v) is 7.68. The lowest BCUT2D eigenvalue weighted by Crippen LogP contribution is -2.40. The van der Waals surface area contributed by atoms with Gasteiger partial charge in [0.2, 0.25) is 0 Å². The number of hydrogen-bond acceptors (Lipinski definition) is 4. The van der Waals surface area contributed by atoms with Crippen molar-refractivity contribution in [3.05, 3.63) is 29.8 Å². The number of likely N-dealkylation sites (N-methyl/N-ethyl adjacent to an activating group) is 1. The number of amides is 1. The zero-order valence-electron chi connectivity index (χ0n) is 13.2. The van der Waals surface area contributed by atoms with Gasteiger partial charge in [-0.05, 0) is 31.0 Å². The summed E-state index contributed by atoms with van der Waals surface area (Å²) in [6.45, 7) is -0.0162. The minimum absolute atomic E-state index is 0.0162. The zero-order valence-corrected chi connectivity index (χ0v) is 13.2. The maximum atomic E-state index is 12.2. The van der Waals surface area contributed by atoms with E-state index in [1.54, 1.807) is 29.2 Å². The summed E-state index contributed by atoms with van der Waals surface area (Å²) in [5, 5.41) is 0. The molecule has 0 aliphatic heterocycles. The van der Waals surface area contributed by atoms with Crippen molar-refractivity contribution < 1.29 is 19.1 Å². The van der Waals surface area contributed by atoms with Crippen molar-refractivity contribution in [3.63, 3.8) is 0 Å². The number of carbonyl (C=O) groups is 2. The van der Waals surface area contributed by atoms with Gasteiger partial charge >= 0.3 is 5.97 Å². The topological polar surface area (TPSA) is 55.8 Å². The number of ether oxygens (including phenoxy) is 2. The van der Waals surface area contributed by atoms with Gasteiger partial charge in [-0.3, -0.25) is 4.79 Å². The van der Waals surface area contributed by atoms with Crippen molar-refractivity contribution in [2.45, 2.75) is 38.1 Å². The molecule has 0 aromatic heterocycles. The molecule has 1 saturated carbocycles. The van der Waals surface area contributed by atoms with Gasteiger partial charge in [-0.25, -0.2) is 4.79 Å². The van der Waals surface area contributed by atoms with Gasteiger partial charge in [0, 0.05) is 13.1 Å². The number of benzene rings is 1. The lowest BCUT2D eigenvalue weighted by atomic mass is 9.94. The molecule has 2 rings (SSSR count). The van der Waals surface area contributed by atoms with Gasteiger partial charge in [-0.1, -0.05) is 25.3 Å². The molecule has 1 aliphatic rings. The fourth-order valence-corrected chi connectivity index (χ4v) is 2.75. The molecule has 22 heavy (non-hydrogen) atoms. The maximum absolute atomic E-state index is 12.2. The first-order chi connectivity index (χ1) is 10.6. The van der Waals surface area contributed by atoms with Crippen LogP contribution in [0.15, 0.2) is 24.3 Å². The van der Waals surface area contributed by atoms with Gasteiger partial charge in [-0.2, -0.15) is 0 Å². The van der Waals surface area contributed by atoms with Gasteiger partial charge in [0.1, 0.15) is 5.75 Å². The Morgan fingerprint density at radius 1 is 1.23 bits per heavy atom. The van der Waals surface area contributed by atoms with Crippen molar-refractivity contribution in [2.75, 3.05) is 20.8 Å². The number of carbonyl (C=O) groups excluding carboxylic acids is 2. The van der Waals surface area contributed by atoms with E-state index in [-0.39, 0.29) is 12.5 Å². The Kier molecular flexibility index (Phi) is 5.81. The van der Waals surface area contributed by atoms with E-state index in [0.717, 1.165) is 12.8 Å². The summed E-state index contributed by atoms with van der Waals surface area (Å²) < 4.78 is 10.2. The van der Waals surface area contributed by atoms with Crippen molar-refractivity contribution >= 4 is 11.9 Å². The third-order valence-electron chi connectivity index (χ3n) is 4.13. The SMILES string of the molecule is COC(=O)c1cccc(OCC(=O)N(C)C2CCCCC2)c1. The van der Waals surface area contributed by atoms with E-state index in [4.69, 9.17) is 4.74 Å². The van der Waals surface area contributed by atoms with Crippen LogP contribution >= 0.6 is 0 Å². The summed E-state index contributed by atoms with van der Waals surface area (Å²) in [5.41, 5.74) is 0.410. The van der Waals surface area contributed by atoms with Crippen LogP contribution in [0.25, 0.3) is 0 Å². The van der Waals surface area contributed by atoms with E-state index in [0.29, 0.717) is 17.4 Å². The molecule has 0 atom stereocenters. The van der Waals surface area contributed by atoms with Crippen molar-refractivity contribution in [3.8, 4) is 5.75 Å². The average Bonchev–Trinajstić information content (AvgIpc) is 2.59. The first kappa shape index (κ1) is 16.3. The fraction of sp³-hybridized carbons (Fsp3) is 0.529. The van der Waals surface area contributed by atoms with Gasteiger partial charge in [-0.15, -0.1) is 0 Å². The van der Waals surface area contributed by atoms with Gasteiger partial charge in [0.15, 0.2) is 6.61 Å². The van der Waals surface area contributed by atoms with E-state index >= 15 is 0 Å². The molecule has 0 saturated heterocycles. The highest BCUT2D eigenvalue weighted by Crippen LogP contribution is 2.22. The van der Waals surface area contributed by atoms with Crippen LogP contribution < -0.4 is 4.74 Å². The van der Waals surface area contributed by atoms with E-state index in [1.807, 2.05) is 7.05 Å². The largest absolute Gasteiger partial charge is 0.484 e. The van der Waals surface area contributed by atoms with Gasteiger partial charge in [0.05, 0.1) is 12.7 Å². The molecule has 1 aliphatic carbocycles. The summed E-state index contributed by atoms with van der Waals surface area (Å²) >= 11 is 0. The second kappa shape index (κ2) is 7.82. The predicted molar refractivity (Wildman–Crippen MR) is 82.9 cm³/mol. The second-order valence-electron chi connectivity index (χ2n) is 5.60. The quantitative estimate of drug-likeness (QED) is 0.785. The van der Waals surface area contributed by atoms with Crippen molar-refractivity contribution in [2.24, 2.45) is 0 Å². The molecule has 1 amide bonds. The Hall–Kier alpha value is -2.04. The fourth-order valence-electron chi connectivity index (χ4n) is 2.75. The van der Waals surface area contributed by atoms with Crippen LogP contribution in [0.4, 0.5) is 0 Å². The minimum Gasteiger partial charge on any atom is -0.484 e. The van der Waals surface area contributed by atoms with Crippen molar-refractivity contribution in [1.82, 2.24) is 4.90 Å². The molecule has 120 valence electrons. The predicted octanol–water partition coefficient (Wildman–Crippen LogP) is 2.64. The number of hydrogen-bond donors (Lipinski definition) is 0. The molecular weight excluding hydrogens is 282 g/mol. The van der Waals surface area contributed by atoms with Crippen molar-refractivity contribution in [1.29, 1.82) is 0 Å². The van der Waals surface area contributed by atoms with Crippen LogP contribution in [0.3, 0.4) is 0 Å². The van der Waals surface area contributed by atoms with Crippen LogP contribution in [-0.2, 0) is 9.53 Å². The maximum Gasteiger partial charge on any atom is 0.337 e. The molecule has 1 fully saturated rings. The third-order valence-corrected chi connectivity index (χ3v) is 4.13. The highest BCUT2D eigenvalue weighted by atomic mass is 16.5. The Labute approximate surface area is 131 Å². The molecule has 5 nitrogen and oxygen atoms in total. The Morgan fingerprint density at radius 3 is 2.64 bits per heavy atom. The molecule has 0 N–H and O–H groups in total. The Morgan fingerprint density at radius 2 is 1.95 bits per heavy atom. The molecule has 0 radical (unpaired) electrons. The minimum atomic E-state index is -0.420. The zero-order chi connectivity index (χ0) is 15.9. The monoisotopic (exact) mass is 305 g/mol. The molecule has 1 aromatic carbocycles. The van der Waals surface area contributed by atoms with Crippen LogP contribution in [0.1, 0.15) is 42.5 Å². The summed E-state index contributed by atoms with van der Waals surface area (Å²) in [5.74, 6) is 0.0414. The molecule has 5 heteroatoms. The van der Waals surface area contributed by atoms with E-state index in [9.17, 15) is 9.59 Å². The number of esters is 1. The first-order valence-electron chi connectivity index (χ1n) is 7.68. The summed E-state index contributed by atoms with van der Waals surface area (Å²) in [7, 11) is 3.17. The number of rotatable bonds is 5. The average molecular weight is 305 g/mol. The molecule has 0 bridgehead atoms. The second-order valence-corrected chi connectivity index (χ2v) is 5.60. The lowest BCUT2D eigenvalue weighted by Gasteiger charge is -2.31. The smallest absolute Gasteiger partial charge is 0.337 e. The van der Waals surface area contributed by atoms with Crippen LogP contribution in [0.2, 0.25) is 0 Å². The van der Waals surface area contributed by atoms with E-state index in [2.05, 4.69) is 4.74 Å². The van der Waals surface area contributed by atoms with Gasteiger partial charge < -0.3 is 14.4 Å². The highest BCUT2D eigenvalue weighted by molar-refractivity contribution is 5.89. The van der Waals surface area contributed by atoms with Crippen LogP contribution in [-0.4, -0.2) is 43.6 Å². The standard InChI is InChI=1S/C17H23NO4/c1-18(14-8-4-3-5-9-14)16(19)12-22-15-10-6-7-13(11-15)17(20)21-2/h6-7,10-11,14H,3-5,8-9,12H2,1-2H3. The Bertz CT molecular complexity index is 523. The summed E-state index contributed by atoms with van der Waals surface area (Å²) in [6, 6.07) is 6.98. The van der Waals surface area contributed by atoms with E-state index < -0.39 is 5.97 Å². The molecule has 0 spiro atoms. The molecular formula is C17H23NO4. The molecule has 0 heterocycles. The van der Waals surface area contributed by atoms with Crippen LogP contribution in [0, 0.1) is 0 Å². The molecule has 0 unspecified atom stereocenters. The highest BCUT2D eigenvalue weighted by Gasteiger charge is 2.22. The van der Waals surface area contributed by atoms with E-state index in [1.165, 1.54) is 26.4 Å².